The Morgan fingerprint density at radius 3 is 1.66 bits per heavy atom. The summed E-state index contributed by atoms with van der Waals surface area (Å²) in [5, 5.41) is 13.4. The molecule has 0 aromatic carbocycles. The van der Waals surface area contributed by atoms with E-state index in [1.54, 1.807) is 50.5 Å². The number of carbonyl (C=O) groups is 2. The smallest absolute Gasteiger partial charge is 0.321 e. The van der Waals surface area contributed by atoms with Gasteiger partial charge in [0.1, 0.15) is 0 Å². The molecule has 0 aliphatic heterocycles. The molecule has 0 spiro atoms. The normalized spacial score (nSPS) is 11.8. The standard InChI is InChI=1S/C20H18N6O3/c1-13(9-17(27)15-5-3-7-21-11-15)23-19-25-26-20(29-19)24-14(2)10-18(28)16-6-4-8-22-12-16/h3-12H,1-2H3,(H,23,25)(H,24,26)/b13-9+,14-10+. The Hall–Kier alpha value is -4.14. The van der Waals surface area contributed by atoms with Crippen molar-refractivity contribution in [2.24, 2.45) is 0 Å². The summed E-state index contributed by atoms with van der Waals surface area (Å²) in [6.07, 6.45) is 8.99. The van der Waals surface area contributed by atoms with Crippen LogP contribution in [0.2, 0.25) is 0 Å². The molecule has 0 amide bonds. The monoisotopic (exact) mass is 390 g/mol. The van der Waals surface area contributed by atoms with E-state index in [-0.39, 0.29) is 23.6 Å². The molecule has 0 radical (unpaired) electrons. The second-order valence-electron chi connectivity index (χ2n) is 6.03. The number of hydrogen-bond acceptors (Lipinski definition) is 9. The van der Waals surface area contributed by atoms with Crippen LogP contribution in [0.3, 0.4) is 0 Å². The summed E-state index contributed by atoms with van der Waals surface area (Å²) < 4.78 is 5.43. The van der Waals surface area contributed by atoms with E-state index >= 15 is 0 Å². The molecular formula is C20H18N6O3. The molecule has 0 unspecified atom stereocenters. The van der Waals surface area contributed by atoms with Crippen LogP contribution in [-0.2, 0) is 0 Å². The first kappa shape index (κ1) is 19.6. The quantitative estimate of drug-likeness (QED) is 0.440. The zero-order valence-electron chi connectivity index (χ0n) is 15.8. The van der Waals surface area contributed by atoms with Crippen LogP contribution in [0.1, 0.15) is 34.6 Å². The fraction of sp³-hybridized carbons (Fsp3) is 0.100. The van der Waals surface area contributed by atoms with Gasteiger partial charge in [-0.1, -0.05) is 10.2 Å². The summed E-state index contributed by atoms with van der Waals surface area (Å²) in [6.45, 7) is 3.40. The minimum absolute atomic E-state index is 0.103. The predicted molar refractivity (Wildman–Crippen MR) is 106 cm³/mol. The molecule has 3 aromatic heterocycles. The van der Waals surface area contributed by atoms with Gasteiger partial charge in [-0.05, 0) is 38.1 Å². The van der Waals surface area contributed by atoms with Crippen LogP contribution in [-0.4, -0.2) is 31.7 Å². The maximum atomic E-state index is 12.1. The highest BCUT2D eigenvalue weighted by Crippen LogP contribution is 2.15. The van der Waals surface area contributed by atoms with Crippen molar-refractivity contribution >= 4 is 23.6 Å². The minimum atomic E-state index is -0.200. The van der Waals surface area contributed by atoms with Crippen LogP contribution in [0.4, 0.5) is 12.0 Å². The Labute approximate surface area is 166 Å². The van der Waals surface area contributed by atoms with Crippen LogP contribution in [0.25, 0.3) is 0 Å². The summed E-state index contributed by atoms with van der Waals surface area (Å²) >= 11 is 0. The number of ketones is 2. The van der Waals surface area contributed by atoms with Gasteiger partial charge in [0.25, 0.3) is 0 Å². The number of pyridine rings is 2. The van der Waals surface area contributed by atoms with Gasteiger partial charge in [-0.3, -0.25) is 19.6 Å². The molecule has 2 N–H and O–H groups in total. The number of nitrogens with zero attached hydrogens (tertiary/aromatic N) is 4. The summed E-state index contributed by atoms with van der Waals surface area (Å²) in [5.74, 6) is -0.401. The molecule has 0 aliphatic rings. The van der Waals surface area contributed by atoms with E-state index in [4.69, 9.17) is 4.42 Å². The maximum absolute atomic E-state index is 12.1. The number of rotatable bonds is 8. The van der Waals surface area contributed by atoms with Crippen LogP contribution in [0, 0.1) is 0 Å². The Bertz CT molecular complexity index is 974. The van der Waals surface area contributed by atoms with Crippen LogP contribution >= 0.6 is 0 Å². The molecule has 0 atom stereocenters. The molecule has 9 nitrogen and oxygen atoms in total. The van der Waals surface area contributed by atoms with Crippen LogP contribution in [0.5, 0.6) is 0 Å². The molecule has 0 aliphatic carbocycles. The summed E-state index contributed by atoms with van der Waals surface area (Å²) in [6, 6.07) is 6.94. The lowest BCUT2D eigenvalue weighted by molar-refractivity contribution is 0.103. The average Bonchev–Trinajstić information content (AvgIpc) is 3.15. The van der Waals surface area contributed by atoms with Crippen molar-refractivity contribution < 1.29 is 14.0 Å². The van der Waals surface area contributed by atoms with Gasteiger partial charge in [-0.25, -0.2) is 0 Å². The van der Waals surface area contributed by atoms with Crippen LogP contribution < -0.4 is 10.6 Å². The van der Waals surface area contributed by atoms with Crippen molar-refractivity contribution in [3.8, 4) is 0 Å². The van der Waals surface area contributed by atoms with Gasteiger partial charge >= 0.3 is 12.0 Å². The average molecular weight is 390 g/mol. The zero-order valence-corrected chi connectivity index (χ0v) is 15.8. The third-order valence-electron chi connectivity index (χ3n) is 3.62. The fourth-order valence-corrected chi connectivity index (χ4v) is 2.31. The number of nitrogens with one attached hydrogen (secondary N) is 2. The second-order valence-corrected chi connectivity index (χ2v) is 6.03. The van der Waals surface area contributed by atoms with E-state index in [0.29, 0.717) is 22.5 Å². The molecule has 3 aromatic rings. The second kappa shape index (κ2) is 9.18. The lowest BCUT2D eigenvalue weighted by Crippen LogP contribution is -2.02. The SMILES string of the molecule is C/C(=C\C(=O)c1cccnc1)Nc1nnc(N/C(C)=C/C(=O)c2cccnc2)o1. The number of aromatic nitrogens is 4. The van der Waals surface area contributed by atoms with Gasteiger partial charge in [0, 0.05) is 59.5 Å². The van der Waals surface area contributed by atoms with Crippen molar-refractivity contribution in [1.82, 2.24) is 20.2 Å². The Morgan fingerprint density at radius 1 is 0.828 bits per heavy atom. The third-order valence-corrected chi connectivity index (χ3v) is 3.62. The van der Waals surface area contributed by atoms with Crippen molar-refractivity contribution in [1.29, 1.82) is 0 Å². The summed E-state index contributed by atoms with van der Waals surface area (Å²) in [5.41, 5.74) is 1.99. The highest BCUT2D eigenvalue weighted by molar-refractivity contribution is 6.05. The first-order valence-electron chi connectivity index (χ1n) is 8.64. The molecule has 3 rings (SSSR count). The minimum Gasteiger partial charge on any atom is -0.389 e. The summed E-state index contributed by atoms with van der Waals surface area (Å²) in [7, 11) is 0. The van der Waals surface area contributed by atoms with Gasteiger partial charge in [0.05, 0.1) is 0 Å². The zero-order chi connectivity index (χ0) is 20.6. The fourth-order valence-electron chi connectivity index (χ4n) is 2.31. The van der Waals surface area contributed by atoms with E-state index in [9.17, 15) is 9.59 Å². The van der Waals surface area contributed by atoms with Gasteiger partial charge in [-0.15, -0.1) is 0 Å². The molecular weight excluding hydrogens is 372 g/mol. The first-order chi connectivity index (χ1) is 14.0. The predicted octanol–water partition coefficient (Wildman–Crippen LogP) is 3.26. The van der Waals surface area contributed by atoms with Gasteiger partial charge in [0.2, 0.25) is 0 Å². The molecule has 29 heavy (non-hydrogen) atoms. The van der Waals surface area contributed by atoms with E-state index in [0.717, 1.165) is 0 Å². The molecule has 0 saturated heterocycles. The maximum Gasteiger partial charge on any atom is 0.321 e. The third kappa shape index (κ3) is 5.67. The number of anilines is 2. The number of carbonyl (C=O) groups excluding carboxylic acids is 2. The first-order valence-corrected chi connectivity index (χ1v) is 8.64. The molecule has 9 heteroatoms. The lowest BCUT2D eigenvalue weighted by Gasteiger charge is -2.02. The van der Waals surface area contributed by atoms with E-state index in [1.165, 1.54) is 24.5 Å². The van der Waals surface area contributed by atoms with E-state index < -0.39 is 0 Å². The Morgan fingerprint density at radius 2 is 1.28 bits per heavy atom. The number of hydrogen-bond donors (Lipinski definition) is 2. The molecule has 3 heterocycles. The van der Waals surface area contributed by atoms with Crippen LogP contribution in [0.15, 0.2) is 77.0 Å². The van der Waals surface area contributed by atoms with Crippen molar-refractivity contribution in [2.45, 2.75) is 13.8 Å². The molecule has 0 bridgehead atoms. The topological polar surface area (TPSA) is 123 Å². The molecule has 0 saturated carbocycles. The lowest BCUT2D eigenvalue weighted by atomic mass is 10.2. The highest BCUT2D eigenvalue weighted by Gasteiger charge is 2.09. The molecule has 0 fully saturated rings. The van der Waals surface area contributed by atoms with Gasteiger partial charge < -0.3 is 15.1 Å². The van der Waals surface area contributed by atoms with Gasteiger partial charge in [-0.2, -0.15) is 0 Å². The highest BCUT2D eigenvalue weighted by atomic mass is 16.4. The Kier molecular flexibility index (Phi) is 6.21. The number of allylic oxidation sites excluding steroid dienone is 4. The Balaban J connectivity index is 1.60. The van der Waals surface area contributed by atoms with E-state index in [1.807, 2.05) is 0 Å². The summed E-state index contributed by atoms with van der Waals surface area (Å²) in [4.78, 5) is 32.1. The van der Waals surface area contributed by atoms with E-state index in [2.05, 4.69) is 30.8 Å². The molecule has 146 valence electrons. The van der Waals surface area contributed by atoms with Gasteiger partial charge in [0.15, 0.2) is 11.6 Å². The largest absolute Gasteiger partial charge is 0.389 e. The van der Waals surface area contributed by atoms with Crippen molar-refractivity contribution in [3.05, 3.63) is 83.7 Å². The van der Waals surface area contributed by atoms with Crippen molar-refractivity contribution in [3.63, 3.8) is 0 Å². The van der Waals surface area contributed by atoms with Crippen molar-refractivity contribution in [2.75, 3.05) is 10.6 Å².